The van der Waals surface area contributed by atoms with Crippen LogP contribution in [-0.4, -0.2) is 50.0 Å². The molecule has 9 heteroatoms. The van der Waals surface area contributed by atoms with E-state index < -0.39 is 10.0 Å². The van der Waals surface area contributed by atoms with Gasteiger partial charge in [-0.1, -0.05) is 0 Å². The van der Waals surface area contributed by atoms with E-state index in [1.165, 1.54) is 17.3 Å². The molecule has 0 aliphatic carbocycles. The number of aryl methyl sites for hydroxylation is 2. The van der Waals surface area contributed by atoms with E-state index in [0.29, 0.717) is 24.8 Å². The number of aromatic nitrogens is 5. The van der Waals surface area contributed by atoms with Crippen LogP contribution >= 0.6 is 0 Å². The molecule has 0 spiro atoms. The highest BCUT2D eigenvalue weighted by Gasteiger charge is 2.32. The van der Waals surface area contributed by atoms with Gasteiger partial charge in [-0.2, -0.15) is 9.40 Å². The summed E-state index contributed by atoms with van der Waals surface area (Å²) in [7, 11) is -1.77. The van der Waals surface area contributed by atoms with Gasteiger partial charge in [-0.25, -0.2) is 22.9 Å². The highest BCUT2D eigenvalue weighted by atomic mass is 32.2. The average molecular weight is 374 g/mol. The number of sulfonamides is 1. The molecule has 1 fully saturated rings. The Morgan fingerprint density at radius 2 is 1.88 bits per heavy atom. The molecule has 138 valence electrons. The van der Waals surface area contributed by atoms with Crippen molar-refractivity contribution in [2.45, 2.75) is 37.6 Å². The summed E-state index contributed by atoms with van der Waals surface area (Å²) in [4.78, 5) is 8.33. The predicted molar refractivity (Wildman–Crippen MR) is 96.4 cm³/mol. The summed E-state index contributed by atoms with van der Waals surface area (Å²) in [6.45, 7) is 4.89. The third-order valence-corrected chi connectivity index (χ3v) is 7.29. The van der Waals surface area contributed by atoms with E-state index in [0.717, 1.165) is 18.5 Å². The lowest BCUT2D eigenvalue weighted by atomic mass is 9.89. The monoisotopic (exact) mass is 374 g/mol. The molecule has 1 aliphatic rings. The Morgan fingerprint density at radius 3 is 2.54 bits per heavy atom. The second-order valence-electron chi connectivity index (χ2n) is 6.86. The first kappa shape index (κ1) is 17.2. The zero-order valence-corrected chi connectivity index (χ0v) is 15.9. The molecular formula is C17H22N6O2S. The van der Waals surface area contributed by atoms with Crippen LogP contribution in [0.5, 0.6) is 0 Å². The average Bonchev–Trinajstić information content (AvgIpc) is 3.21. The van der Waals surface area contributed by atoms with Gasteiger partial charge < -0.3 is 4.57 Å². The fourth-order valence-corrected chi connectivity index (χ4v) is 5.28. The molecule has 0 saturated carbocycles. The topological polar surface area (TPSA) is 85.4 Å². The van der Waals surface area contributed by atoms with Crippen molar-refractivity contribution in [1.29, 1.82) is 0 Å². The Hall–Kier alpha value is -2.26. The maximum Gasteiger partial charge on any atom is 0.260 e. The largest absolute Gasteiger partial charge is 0.321 e. The zero-order valence-electron chi connectivity index (χ0n) is 15.1. The highest BCUT2D eigenvalue weighted by molar-refractivity contribution is 7.89. The third kappa shape index (κ3) is 2.71. The summed E-state index contributed by atoms with van der Waals surface area (Å²) < 4.78 is 30.8. The molecule has 8 nitrogen and oxygen atoms in total. The Morgan fingerprint density at radius 1 is 1.15 bits per heavy atom. The molecule has 1 saturated heterocycles. The number of imidazole rings is 1. The lowest BCUT2D eigenvalue weighted by molar-refractivity contribution is 0.317. The van der Waals surface area contributed by atoms with Crippen molar-refractivity contribution >= 4 is 15.7 Å². The molecule has 3 aromatic heterocycles. The SMILES string of the molecule is Cc1cc2ncnn2cc1C1CCN(S(=O)(=O)c2cnc(C)n2C)CC1. The lowest BCUT2D eigenvalue weighted by Gasteiger charge is -2.31. The number of hydrogen-bond acceptors (Lipinski definition) is 5. The quantitative estimate of drug-likeness (QED) is 0.696. The molecule has 4 rings (SSSR count). The van der Waals surface area contributed by atoms with Gasteiger partial charge in [0.25, 0.3) is 10.0 Å². The summed E-state index contributed by atoms with van der Waals surface area (Å²) in [6.07, 6.45) is 6.59. The Kier molecular flexibility index (Phi) is 4.07. The van der Waals surface area contributed by atoms with Gasteiger partial charge in [0.1, 0.15) is 12.2 Å². The van der Waals surface area contributed by atoms with Crippen LogP contribution in [0, 0.1) is 13.8 Å². The van der Waals surface area contributed by atoms with Crippen molar-refractivity contribution in [3.05, 3.63) is 41.7 Å². The first-order valence-corrected chi connectivity index (χ1v) is 10.1. The fraction of sp³-hybridized carbons (Fsp3) is 0.471. The smallest absolute Gasteiger partial charge is 0.260 e. The number of rotatable bonds is 3. The molecule has 0 bridgehead atoms. The van der Waals surface area contributed by atoms with Crippen molar-refractivity contribution in [1.82, 2.24) is 28.5 Å². The summed E-state index contributed by atoms with van der Waals surface area (Å²) in [5, 5.41) is 4.47. The van der Waals surface area contributed by atoms with Crippen molar-refractivity contribution in [3.8, 4) is 0 Å². The number of nitrogens with zero attached hydrogens (tertiary/aromatic N) is 6. The third-order valence-electron chi connectivity index (χ3n) is 5.34. The van der Waals surface area contributed by atoms with Gasteiger partial charge in [-0.05, 0) is 49.8 Å². The first-order valence-electron chi connectivity index (χ1n) is 8.66. The number of hydrogen-bond donors (Lipinski definition) is 0. The van der Waals surface area contributed by atoms with Gasteiger partial charge in [0.05, 0.1) is 6.20 Å². The Balaban J connectivity index is 1.55. The fourth-order valence-electron chi connectivity index (χ4n) is 3.66. The normalized spacial score (nSPS) is 17.2. The minimum Gasteiger partial charge on any atom is -0.321 e. The minimum atomic E-state index is -3.51. The molecule has 0 amide bonds. The molecule has 3 aromatic rings. The van der Waals surface area contributed by atoms with Gasteiger partial charge in [-0.3, -0.25) is 0 Å². The molecule has 0 unspecified atom stereocenters. The van der Waals surface area contributed by atoms with Crippen molar-refractivity contribution in [2.75, 3.05) is 13.1 Å². The minimum absolute atomic E-state index is 0.258. The Bertz CT molecular complexity index is 1060. The molecule has 0 radical (unpaired) electrons. The maximum atomic E-state index is 12.9. The standard InChI is InChI=1S/C17H22N6O2S/c1-12-8-16-19-11-20-23(16)10-15(12)14-4-6-22(7-5-14)26(24,25)17-9-18-13(2)21(17)3/h8-11,14H,4-7H2,1-3H3. The Labute approximate surface area is 152 Å². The second-order valence-corrected chi connectivity index (χ2v) is 8.74. The molecule has 4 heterocycles. The van der Waals surface area contributed by atoms with Crippen LogP contribution in [0.2, 0.25) is 0 Å². The zero-order chi connectivity index (χ0) is 18.5. The van der Waals surface area contributed by atoms with E-state index in [1.54, 1.807) is 33.7 Å². The van der Waals surface area contributed by atoms with Crippen LogP contribution in [-0.2, 0) is 17.1 Å². The van der Waals surface area contributed by atoms with Crippen LogP contribution in [0.3, 0.4) is 0 Å². The van der Waals surface area contributed by atoms with Gasteiger partial charge in [0, 0.05) is 26.3 Å². The van der Waals surface area contributed by atoms with Crippen LogP contribution in [0.4, 0.5) is 0 Å². The molecular weight excluding hydrogens is 352 g/mol. The number of fused-ring (bicyclic) bond motifs is 1. The van der Waals surface area contributed by atoms with E-state index in [4.69, 9.17) is 0 Å². The summed E-state index contributed by atoms with van der Waals surface area (Å²) in [5.41, 5.74) is 3.23. The van der Waals surface area contributed by atoms with Crippen molar-refractivity contribution < 1.29 is 8.42 Å². The predicted octanol–water partition coefficient (Wildman–Crippen LogP) is 1.65. The summed E-state index contributed by atoms with van der Waals surface area (Å²) >= 11 is 0. The van der Waals surface area contributed by atoms with E-state index in [2.05, 4.69) is 22.0 Å². The maximum absolute atomic E-state index is 12.9. The van der Waals surface area contributed by atoms with Crippen molar-refractivity contribution in [2.24, 2.45) is 7.05 Å². The molecule has 0 aromatic carbocycles. The van der Waals surface area contributed by atoms with Crippen LogP contribution in [0.15, 0.2) is 29.8 Å². The van der Waals surface area contributed by atoms with Crippen LogP contribution < -0.4 is 0 Å². The highest BCUT2D eigenvalue weighted by Crippen LogP contribution is 2.32. The molecule has 26 heavy (non-hydrogen) atoms. The van der Waals surface area contributed by atoms with Gasteiger partial charge in [-0.15, -0.1) is 0 Å². The van der Waals surface area contributed by atoms with E-state index in [1.807, 2.05) is 12.3 Å². The number of piperidine rings is 1. The van der Waals surface area contributed by atoms with Crippen LogP contribution in [0.1, 0.15) is 35.7 Å². The number of pyridine rings is 1. The van der Waals surface area contributed by atoms with Gasteiger partial charge in [0.15, 0.2) is 10.7 Å². The molecule has 1 aliphatic heterocycles. The van der Waals surface area contributed by atoms with E-state index in [-0.39, 0.29) is 5.03 Å². The first-order chi connectivity index (χ1) is 12.4. The van der Waals surface area contributed by atoms with E-state index >= 15 is 0 Å². The summed E-state index contributed by atoms with van der Waals surface area (Å²) in [6, 6.07) is 2.03. The lowest BCUT2D eigenvalue weighted by Crippen LogP contribution is -2.38. The van der Waals surface area contributed by atoms with Gasteiger partial charge >= 0.3 is 0 Å². The van der Waals surface area contributed by atoms with Gasteiger partial charge in [0.2, 0.25) is 0 Å². The van der Waals surface area contributed by atoms with Crippen molar-refractivity contribution in [3.63, 3.8) is 0 Å². The van der Waals surface area contributed by atoms with E-state index in [9.17, 15) is 8.42 Å². The summed E-state index contributed by atoms with van der Waals surface area (Å²) in [5.74, 6) is 1.01. The second kappa shape index (κ2) is 6.17. The van der Waals surface area contributed by atoms with Crippen LogP contribution in [0.25, 0.3) is 5.65 Å². The molecule has 0 atom stereocenters. The molecule has 0 N–H and O–H groups in total.